The molecule has 0 unspecified atom stereocenters. The third-order valence-electron chi connectivity index (χ3n) is 2.49. The van der Waals surface area contributed by atoms with Crippen LogP contribution < -0.4 is 0 Å². The van der Waals surface area contributed by atoms with E-state index in [1.807, 2.05) is 0 Å². The lowest BCUT2D eigenvalue weighted by atomic mass is 10.2. The van der Waals surface area contributed by atoms with Gasteiger partial charge in [-0.1, -0.05) is 0 Å². The second-order valence-electron chi connectivity index (χ2n) is 3.89. The van der Waals surface area contributed by atoms with E-state index < -0.39 is 11.6 Å². The largest absolute Gasteiger partial charge is 0.469 e. The molecule has 0 fully saturated rings. The van der Waals surface area contributed by atoms with Gasteiger partial charge in [-0.15, -0.1) is 0 Å². The number of esters is 1. The van der Waals surface area contributed by atoms with Crippen molar-refractivity contribution in [2.45, 2.75) is 13.0 Å². The summed E-state index contributed by atoms with van der Waals surface area (Å²) in [5.74, 6) is -1.56. The Labute approximate surface area is 113 Å². The van der Waals surface area contributed by atoms with E-state index in [2.05, 4.69) is 20.7 Å². The number of carbonyl (C=O) groups is 1. The van der Waals surface area contributed by atoms with Gasteiger partial charge in [0.25, 0.3) is 0 Å². The van der Waals surface area contributed by atoms with Gasteiger partial charge in [-0.3, -0.25) is 4.79 Å². The number of methoxy groups -OCH3 is 1. The summed E-state index contributed by atoms with van der Waals surface area (Å²) in [4.78, 5) is 12.6. The predicted octanol–water partition coefficient (Wildman–Crippen LogP) is 2.72. The molecule has 0 amide bonds. The molecule has 100 valence electrons. The third kappa shape index (κ3) is 4.03. The van der Waals surface area contributed by atoms with E-state index >= 15 is 0 Å². The molecule has 1 rings (SSSR count). The molecule has 0 aliphatic heterocycles. The highest BCUT2D eigenvalue weighted by atomic mass is 79.9. The van der Waals surface area contributed by atoms with Crippen molar-refractivity contribution in [1.29, 1.82) is 0 Å². The maximum absolute atomic E-state index is 13.7. The van der Waals surface area contributed by atoms with Crippen molar-refractivity contribution >= 4 is 21.9 Å². The van der Waals surface area contributed by atoms with Crippen molar-refractivity contribution in [2.75, 3.05) is 20.7 Å². The van der Waals surface area contributed by atoms with Crippen molar-refractivity contribution in [2.24, 2.45) is 0 Å². The Kier molecular flexibility index (Phi) is 5.68. The molecule has 6 heteroatoms. The van der Waals surface area contributed by atoms with Gasteiger partial charge in [0.1, 0.15) is 11.6 Å². The molecule has 0 bridgehead atoms. The maximum atomic E-state index is 13.7. The van der Waals surface area contributed by atoms with Crippen LogP contribution in [0.2, 0.25) is 0 Å². The Morgan fingerprint density at radius 3 is 2.72 bits per heavy atom. The van der Waals surface area contributed by atoms with E-state index in [9.17, 15) is 13.6 Å². The minimum absolute atomic E-state index is 0.0169. The van der Waals surface area contributed by atoms with Crippen LogP contribution in [0, 0.1) is 11.6 Å². The van der Waals surface area contributed by atoms with Gasteiger partial charge in [0.2, 0.25) is 0 Å². The monoisotopic (exact) mass is 321 g/mol. The van der Waals surface area contributed by atoms with Crippen molar-refractivity contribution < 1.29 is 18.3 Å². The summed E-state index contributed by atoms with van der Waals surface area (Å²) < 4.78 is 31.9. The van der Waals surface area contributed by atoms with Crippen LogP contribution in [0.3, 0.4) is 0 Å². The van der Waals surface area contributed by atoms with Crippen molar-refractivity contribution in [1.82, 2.24) is 4.90 Å². The van der Waals surface area contributed by atoms with Gasteiger partial charge in [-0.25, -0.2) is 8.78 Å². The van der Waals surface area contributed by atoms with Crippen LogP contribution in [0.5, 0.6) is 0 Å². The number of hydrogen-bond acceptors (Lipinski definition) is 3. The Bertz CT molecular complexity index is 440. The SMILES string of the molecule is COC(=O)CCN(C)Cc1c(F)ccc(Br)c1F. The lowest BCUT2D eigenvalue weighted by Gasteiger charge is -2.17. The maximum Gasteiger partial charge on any atom is 0.306 e. The van der Waals surface area contributed by atoms with Gasteiger partial charge in [0.05, 0.1) is 18.0 Å². The first kappa shape index (κ1) is 15.0. The van der Waals surface area contributed by atoms with Crippen LogP contribution in [0.15, 0.2) is 16.6 Å². The van der Waals surface area contributed by atoms with E-state index in [0.717, 1.165) is 0 Å². The fourth-order valence-electron chi connectivity index (χ4n) is 1.45. The number of nitrogens with zero attached hydrogens (tertiary/aromatic N) is 1. The predicted molar refractivity (Wildman–Crippen MR) is 67.0 cm³/mol. The smallest absolute Gasteiger partial charge is 0.306 e. The normalized spacial score (nSPS) is 10.8. The Morgan fingerprint density at radius 1 is 1.44 bits per heavy atom. The van der Waals surface area contributed by atoms with Crippen LogP contribution >= 0.6 is 15.9 Å². The molecule has 1 aromatic carbocycles. The van der Waals surface area contributed by atoms with Crippen LogP contribution in [0.4, 0.5) is 8.78 Å². The molecule has 0 N–H and O–H groups in total. The van der Waals surface area contributed by atoms with E-state index in [-0.39, 0.29) is 29.0 Å². The lowest BCUT2D eigenvalue weighted by Crippen LogP contribution is -2.23. The quantitative estimate of drug-likeness (QED) is 0.617. The van der Waals surface area contributed by atoms with Crippen LogP contribution in [-0.4, -0.2) is 31.6 Å². The highest BCUT2D eigenvalue weighted by molar-refractivity contribution is 9.10. The van der Waals surface area contributed by atoms with E-state index in [4.69, 9.17) is 0 Å². The minimum Gasteiger partial charge on any atom is -0.469 e. The molecule has 1 aromatic rings. The highest BCUT2D eigenvalue weighted by Gasteiger charge is 2.14. The molecule has 0 saturated carbocycles. The molecule has 0 saturated heterocycles. The Balaban J connectivity index is 2.67. The average molecular weight is 322 g/mol. The molecule has 0 heterocycles. The van der Waals surface area contributed by atoms with E-state index in [1.165, 1.54) is 19.2 Å². The van der Waals surface area contributed by atoms with E-state index in [1.54, 1.807) is 11.9 Å². The molecule has 0 aliphatic carbocycles. The fraction of sp³-hybridized carbons (Fsp3) is 0.417. The first-order chi connectivity index (χ1) is 8.45. The summed E-state index contributed by atoms with van der Waals surface area (Å²) in [6, 6.07) is 2.53. The average Bonchev–Trinajstić information content (AvgIpc) is 2.36. The molecule has 0 spiro atoms. The molecule has 0 radical (unpaired) electrons. The summed E-state index contributed by atoms with van der Waals surface area (Å²) in [7, 11) is 2.98. The molecular weight excluding hydrogens is 308 g/mol. The van der Waals surface area contributed by atoms with Gasteiger partial charge >= 0.3 is 5.97 Å². The highest BCUT2D eigenvalue weighted by Crippen LogP contribution is 2.22. The number of hydrogen-bond donors (Lipinski definition) is 0. The van der Waals surface area contributed by atoms with Gasteiger partial charge in [0.15, 0.2) is 0 Å². The number of halogens is 3. The number of rotatable bonds is 5. The van der Waals surface area contributed by atoms with Crippen LogP contribution in [0.25, 0.3) is 0 Å². The molecule has 0 aliphatic rings. The molecular formula is C12H14BrF2NO2. The second-order valence-corrected chi connectivity index (χ2v) is 4.74. The molecule has 0 aromatic heterocycles. The number of carbonyl (C=O) groups excluding carboxylic acids is 1. The first-order valence-electron chi connectivity index (χ1n) is 5.33. The van der Waals surface area contributed by atoms with Gasteiger partial charge in [0, 0.05) is 18.7 Å². The van der Waals surface area contributed by atoms with E-state index in [0.29, 0.717) is 6.54 Å². The Hall–Kier alpha value is -1.01. The summed E-state index contributed by atoms with van der Waals surface area (Å²) in [5, 5.41) is 0. The first-order valence-corrected chi connectivity index (χ1v) is 6.12. The lowest BCUT2D eigenvalue weighted by molar-refractivity contribution is -0.140. The number of ether oxygens (including phenoxy) is 1. The zero-order valence-corrected chi connectivity index (χ0v) is 11.8. The summed E-state index contributed by atoms with van der Waals surface area (Å²) in [6.45, 7) is 0.464. The summed E-state index contributed by atoms with van der Waals surface area (Å²) in [5.41, 5.74) is -0.0169. The minimum atomic E-state index is -0.611. The standard InChI is InChI=1S/C12H14BrF2NO2/c1-16(6-5-11(17)18-2)7-8-10(14)4-3-9(13)12(8)15/h3-4H,5-7H2,1-2H3. The zero-order chi connectivity index (χ0) is 13.7. The van der Waals surface area contributed by atoms with Gasteiger partial charge in [-0.2, -0.15) is 0 Å². The summed E-state index contributed by atoms with van der Waals surface area (Å²) in [6.07, 6.45) is 0.185. The van der Waals surface area contributed by atoms with Crippen molar-refractivity contribution in [3.05, 3.63) is 33.8 Å². The molecule has 3 nitrogen and oxygen atoms in total. The molecule has 18 heavy (non-hydrogen) atoms. The van der Waals surface area contributed by atoms with Gasteiger partial charge in [-0.05, 0) is 35.1 Å². The van der Waals surface area contributed by atoms with Crippen molar-refractivity contribution in [3.8, 4) is 0 Å². The van der Waals surface area contributed by atoms with Crippen LogP contribution in [-0.2, 0) is 16.1 Å². The number of benzene rings is 1. The molecule has 0 atom stereocenters. The van der Waals surface area contributed by atoms with Gasteiger partial charge < -0.3 is 9.64 Å². The Morgan fingerprint density at radius 2 is 2.11 bits per heavy atom. The zero-order valence-electron chi connectivity index (χ0n) is 10.2. The fourth-order valence-corrected chi connectivity index (χ4v) is 1.82. The van der Waals surface area contributed by atoms with Crippen molar-refractivity contribution in [3.63, 3.8) is 0 Å². The third-order valence-corrected chi connectivity index (χ3v) is 3.10. The summed E-state index contributed by atoms with van der Waals surface area (Å²) >= 11 is 3.01. The second kappa shape index (κ2) is 6.80. The van der Waals surface area contributed by atoms with Crippen LogP contribution in [0.1, 0.15) is 12.0 Å². The topological polar surface area (TPSA) is 29.5 Å².